The van der Waals surface area contributed by atoms with E-state index < -0.39 is 17.9 Å². The van der Waals surface area contributed by atoms with Crippen molar-refractivity contribution in [3.63, 3.8) is 0 Å². The summed E-state index contributed by atoms with van der Waals surface area (Å²) in [6, 6.07) is 9.41. The maximum Gasteiger partial charge on any atom is 0.433 e. The van der Waals surface area contributed by atoms with E-state index >= 15 is 0 Å². The molecule has 0 bridgehead atoms. The molecule has 1 aliphatic rings. The van der Waals surface area contributed by atoms with Crippen LogP contribution in [0.3, 0.4) is 0 Å². The molecule has 0 amide bonds. The SMILES string of the molecule is Cc1ccc(N2CCc3ncnc(NC(CO)c4ccc(C(F)(F)F)nc4)c3C2)c(C#N)c1. The zero-order valence-electron chi connectivity index (χ0n) is 17.8. The Labute approximate surface area is 188 Å². The summed E-state index contributed by atoms with van der Waals surface area (Å²) in [5.74, 6) is 0.481. The fraction of sp³-hybridized carbons (Fsp3) is 0.304. The highest BCUT2D eigenvalue weighted by Crippen LogP contribution is 2.32. The van der Waals surface area contributed by atoms with Crippen LogP contribution in [-0.2, 0) is 19.1 Å². The van der Waals surface area contributed by atoms with Gasteiger partial charge in [0, 0.05) is 31.3 Å². The van der Waals surface area contributed by atoms with Gasteiger partial charge >= 0.3 is 6.18 Å². The first-order chi connectivity index (χ1) is 15.8. The predicted octanol–water partition coefficient (Wildman–Crippen LogP) is 3.78. The second-order valence-electron chi connectivity index (χ2n) is 7.81. The maximum absolute atomic E-state index is 12.8. The molecule has 1 aliphatic heterocycles. The van der Waals surface area contributed by atoms with Crippen molar-refractivity contribution in [2.24, 2.45) is 0 Å². The Morgan fingerprint density at radius 3 is 2.70 bits per heavy atom. The molecule has 0 aliphatic carbocycles. The molecule has 10 heteroatoms. The number of alkyl halides is 3. The molecule has 7 nitrogen and oxygen atoms in total. The van der Waals surface area contributed by atoms with Crippen molar-refractivity contribution in [1.29, 1.82) is 5.26 Å². The number of aliphatic hydroxyl groups excluding tert-OH is 1. The van der Waals surface area contributed by atoms with E-state index in [4.69, 9.17) is 0 Å². The van der Waals surface area contributed by atoms with Gasteiger partial charge in [-0.1, -0.05) is 12.1 Å². The van der Waals surface area contributed by atoms with Gasteiger partial charge in [-0.2, -0.15) is 18.4 Å². The van der Waals surface area contributed by atoms with Crippen LogP contribution in [0.2, 0.25) is 0 Å². The van der Waals surface area contributed by atoms with Crippen LogP contribution in [0.15, 0.2) is 42.9 Å². The Kier molecular flexibility index (Phi) is 6.16. The van der Waals surface area contributed by atoms with Gasteiger partial charge in [-0.25, -0.2) is 9.97 Å². The fourth-order valence-corrected chi connectivity index (χ4v) is 3.86. The number of benzene rings is 1. The monoisotopic (exact) mass is 454 g/mol. The lowest BCUT2D eigenvalue weighted by Crippen LogP contribution is -2.33. The van der Waals surface area contributed by atoms with Gasteiger partial charge in [0.1, 0.15) is 23.9 Å². The van der Waals surface area contributed by atoms with Crippen LogP contribution in [-0.4, -0.2) is 33.2 Å². The molecule has 1 aromatic carbocycles. The molecule has 0 radical (unpaired) electrons. The van der Waals surface area contributed by atoms with Gasteiger partial charge in [-0.15, -0.1) is 0 Å². The van der Waals surface area contributed by atoms with Crippen LogP contribution in [0.5, 0.6) is 0 Å². The van der Waals surface area contributed by atoms with E-state index in [-0.39, 0.29) is 6.61 Å². The minimum absolute atomic E-state index is 0.369. The molecule has 0 saturated heterocycles. The van der Waals surface area contributed by atoms with Crippen molar-refractivity contribution >= 4 is 11.5 Å². The lowest BCUT2D eigenvalue weighted by atomic mass is 10.0. The van der Waals surface area contributed by atoms with E-state index in [0.717, 1.165) is 34.8 Å². The van der Waals surface area contributed by atoms with Crippen LogP contribution in [0.25, 0.3) is 0 Å². The first-order valence-electron chi connectivity index (χ1n) is 10.3. The quantitative estimate of drug-likeness (QED) is 0.606. The van der Waals surface area contributed by atoms with Gasteiger partial charge in [0.05, 0.1) is 29.6 Å². The zero-order chi connectivity index (χ0) is 23.6. The molecule has 0 fully saturated rings. The predicted molar refractivity (Wildman–Crippen MR) is 115 cm³/mol. The van der Waals surface area contributed by atoms with E-state index in [0.29, 0.717) is 36.5 Å². The van der Waals surface area contributed by atoms with Crippen LogP contribution in [0.1, 0.15) is 39.7 Å². The number of aliphatic hydroxyl groups is 1. The molecular formula is C23H21F3N6O. The van der Waals surface area contributed by atoms with Gasteiger partial charge in [-0.05, 0) is 36.2 Å². The largest absolute Gasteiger partial charge is 0.433 e. The van der Waals surface area contributed by atoms with Crippen LogP contribution >= 0.6 is 0 Å². The highest BCUT2D eigenvalue weighted by atomic mass is 19.4. The molecule has 1 unspecified atom stereocenters. The Balaban J connectivity index is 1.60. The van der Waals surface area contributed by atoms with Crippen molar-refractivity contribution in [2.75, 3.05) is 23.4 Å². The van der Waals surface area contributed by atoms with Gasteiger partial charge in [0.25, 0.3) is 0 Å². The molecule has 0 spiro atoms. The molecule has 3 heterocycles. The number of nitriles is 1. The van der Waals surface area contributed by atoms with Crippen LogP contribution in [0, 0.1) is 18.3 Å². The first-order valence-corrected chi connectivity index (χ1v) is 10.3. The summed E-state index contributed by atoms with van der Waals surface area (Å²) in [6.07, 6.45) is -1.38. The molecular weight excluding hydrogens is 433 g/mol. The summed E-state index contributed by atoms with van der Waals surface area (Å²) >= 11 is 0. The van der Waals surface area contributed by atoms with E-state index in [2.05, 4.69) is 31.2 Å². The number of nitrogens with zero attached hydrogens (tertiary/aromatic N) is 5. The van der Waals surface area contributed by atoms with E-state index in [1.807, 2.05) is 25.1 Å². The summed E-state index contributed by atoms with van der Waals surface area (Å²) in [6.45, 7) is 2.68. The van der Waals surface area contributed by atoms with E-state index in [1.54, 1.807) is 0 Å². The van der Waals surface area contributed by atoms with Crippen molar-refractivity contribution < 1.29 is 18.3 Å². The zero-order valence-corrected chi connectivity index (χ0v) is 17.8. The molecule has 1 atom stereocenters. The number of fused-ring (bicyclic) bond motifs is 1. The second kappa shape index (κ2) is 9.03. The molecule has 2 aromatic heterocycles. The van der Waals surface area contributed by atoms with Gasteiger partial charge in [-0.3, -0.25) is 4.98 Å². The standard InChI is InChI=1S/C23H21F3N6O/c1-14-2-4-20(16(8-14)9-27)32-7-6-18-17(11-32)22(30-13-29-18)31-19(12-33)15-3-5-21(28-10-15)23(24,25)26/h2-5,8,10,13,19,33H,6-7,11-12H2,1H3,(H,29,30,31). The third-order valence-corrected chi connectivity index (χ3v) is 5.59. The van der Waals surface area contributed by atoms with Crippen molar-refractivity contribution in [2.45, 2.75) is 32.1 Å². The number of aromatic nitrogens is 3. The summed E-state index contributed by atoms with van der Waals surface area (Å²) in [5.41, 5.74) is 3.45. The fourth-order valence-electron chi connectivity index (χ4n) is 3.86. The maximum atomic E-state index is 12.8. The summed E-state index contributed by atoms with van der Waals surface area (Å²) in [5, 5.41) is 22.6. The molecule has 33 heavy (non-hydrogen) atoms. The number of hydrogen-bond donors (Lipinski definition) is 2. The van der Waals surface area contributed by atoms with Gasteiger partial charge in [0.2, 0.25) is 0 Å². The van der Waals surface area contributed by atoms with Crippen LogP contribution in [0.4, 0.5) is 24.7 Å². The Morgan fingerprint density at radius 2 is 2.03 bits per heavy atom. The number of anilines is 2. The highest BCUT2D eigenvalue weighted by molar-refractivity contribution is 5.63. The highest BCUT2D eigenvalue weighted by Gasteiger charge is 2.32. The van der Waals surface area contributed by atoms with Crippen molar-refractivity contribution in [1.82, 2.24) is 15.0 Å². The lowest BCUT2D eigenvalue weighted by molar-refractivity contribution is -0.141. The smallest absolute Gasteiger partial charge is 0.394 e. The number of pyridine rings is 1. The molecule has 0 saturated carbocycles. The number of halogens is 3. The van der Waals surface area contributed by atoms with Crippen LogP contribution < -0.4 is 10.2 Å². The first kappa shape index (κ1) is 22.5. The minimum atomic E-state index is -4.53. The van der Waals surface area contributed by atoms with E-state index in [1.165, 1.54) is 12.4 Å². The topological polar surface area (TPSA) is 98.0 Å². The number of rotatable bonds is 5. The molecule has 3 aromatic rings. The number of aryl methyl sites for hydroxylation is 1. The van der Waals surface area contributed by atoms with Gasteiger partial charge in [0.15, 0.2) is 0 Å². The molecule has 170 valence electrons. The second-order valence-corrected chi connectivity index (χ2v) is 7.81. The Morgan fingerprint density at radius 1 is 1.21 bits per heavy atom. The van der Waals surface area contributed by atoms with Crippen molar-refractivity contribution in [3.8, 4) is 6.07 Å². The minimum Gasteiger partial charge on any atom is -0.394 e. The third-order valence-electron chi connectivity index (χ3n) is 5.59. The normalized spacial score (nSPS) is 14.4. The molecule has 4 rings (SSSR count). The average molecular weight is 454 g/mol. The number of hydrogen-bond acceptors (Lipinski definition) is 7. The van der Waals surface area contributed by atoms with Gasteiger partial charge < -0.3 is 15.3 Å². The molecule has 2 N–H and O–H groups in total. The Bertz CT molecular complexity index is 1190. The number of nitrogens with one attached hydrogen (secondary N) is 1. The summed E-state index contributed by atoms with van der Waals surface area (Å²) in [7, 11) is 0. The average Bonchev–Trinajstić information content (AvgIpc) is 2.81. The summed E-state index contributed by atoms with van der Waals surface area (Å²) < 4.78 is 38.5. The van der Waals surface area contributed by atoms with Crippen molar-refractivity contribution in [3.05, 3.63) is 76.5 Å². The summed E-state index contributed by atoms with van der Waals surface area (Å²) in [4.78, 5) is 14.2. The van der Waals surface area contributed by atoms with E-state index in [9.17, 15) is 23.5 Å². The third kappa shape index (κ3) is 4.73. The lowest BCUT2D eigenvalue weighted by Gasteiger charge is -2.32. The Hall–Kier alpha value is -3.71.